The number of pyridine rings is 1. The fraction of sp³-hybridized carbons (Fsp3) is 0.158. The van der Waals surface area contributed by atoms with Crippen molar-refractivity contribution >= 4 is 39.2 Å². The number of hydrogen-bond donors (Lipinski definition) is 1. The lowest BCUT2D eigenvalue weighted by Gasteiger charge is -2.13. The number of benzene rings is 2. The SMILES string of the molecule is CCOC(=O)c1c(N)n2c3ccccc3nc2c2cc(OC)ccc12. The molecule has 25 heavy (non-hydrogen) atoms. The number of methoxy groups -OCH3 is 1. The average molecular weight is 335 g/mol. The molecule has 2 aromatic carbocycles. The van der Waals surface area contributed by atoms with Crippen LogP contribution in [0.2, 0.25) is 0 Å². The number of nitrogen functional groups attached to an aromatic ring is 1. The van der Waals surface area contributed by atoms with E-state index in [0.717, 1.165) is 16.4 Å². The monoisotopic (exact) mass is 335 g/mol. The van der Waals surface area contributed by atoms with E-state index in [1.54, 1.807) is 24.5 Å². The molecule has 2 aromatic heterocycles. The van der Waals surface area contributed by atoms with Crippen molar-refractivity contribution in [1.82, 2.24) is 9.38 Å². The summed E-state index contributed by atoms with van der Waals surface area (Å²) < 4.78 is 12.4. The van der Waals surface area contributed by atoms with Crippen molar-refractivity contribution < 1.29 is 14.3 Å². The van der Waals surface area contributed by atoms with Crippen molar-refractivity contribution in [3.05, 3.63) is 48.0 Å². The van der Waals surface area contributed by atoms with Gasteiger partial charge in [0.2, 0.25) is 0 Å². The standard InChI is InChI=1S/C19H17N3O3/c1-3-25-19(23)16-12-9-8-11(24-2)10-13(12)18-21-14-6-4-5-7-15(14)22(18)17(16)20/h4-10H,3,20H2,1-2H3. The number of carbonyl (C=O) groups is 1. The number of fused-ring (bicyclic) bond motifs is 5. The first-order valence-corrected chi connectivity index (χ1v) is 7.99. The van der Waals surface area contributed by atoms with Crippen LogP contribution in [-0.4, -0.2) is 29.1 Å². The molecule has 2 heterocycles. The van der Waals surface area contributed by atoms with Gasteiger partial charge in [0.1, 0.15) is 22.8 Å². The minimum absolute atomic E-state index is 0.276. The topological polar surface area (TPSA) is 78.9 Å². The van der Waals surface area contributed by atoms with Crippen LogP contribution in [0, 0.1) is 0 Å². The lowest BCUT2D eigenvalue weighted by atomic mass is 10.1. The Morgan fingerprint density at radius 3 is 2.76 bits per heavy atom. The molecule has 0 aliphatic heterocycles. The van der Waals surface area contributed by atoms with E-state index in [0.29, 0.717) is 28.2 Å². The molecule has 126 valence electrons. The molecule has 0 saturated carbocycles. The molecule has 0 atom stereocenters. The quantitative estimate of drug-likeness (QED) is 0.580. The average Bonchev–Trinajstić information content (AvgIpc) is 3.02. The molecule has 4 rings (SSSR count). The van der Waals surface area contributed by atoms with Gasteiger partial charge in [0, 0.05) is 10.8 Å². The van der Waals surface area contributed by atoms with Crippen LogP contribution in [0.5, 0.6) is 5.75 Å². The van der Waals surface area contributed by atoms with Crippen LogP contribution in [0.3, 0.4) is 0 Å². The molecule has 0 radical (unpaired) electrons. The molecule has 0 fully saturated rings. The molecular weight excluding hydrogens is 318 g/mol. The predicted octanol–water partition coefficient (Wildman–Crippen LogP) is 3.41. The molecule has 0 bridgehead atoms. The highest BCUT2D eigenvalue weighted by Crippen LogP contribution is 2.34. The van der Waals surface area contributed by atoms with Gasteiger partial charge < -0.3 is 15.2 Å². The predicted molar refractivity (Wildman–Crippen MR) is 97.1 cm³/mol. The zero-order valence-corrected chi connectivity index (χ0v) is 13.9. The van der Waals surface area contributed by atoms with Gasteiger partial charge in [-0.1, -0.05) is 12.1 Å². The summed E-state index contributed by atoms with van der Waals surface area (Å²) in [4.78, 5) is 17.3. The van der Waals surface area contributed by atoms with Crippen LogP contribution in [0.15, 0.2) is 42.5 Å². The number of rotatable bonds is 3. The van der Waals surface area contributed by atoms with Gasteiger partial charge in [-0.3, -0.25) is 4.40 Å². The van der Waals surface area contributed by atoms with E-state index < -0.39 is 5.97 Å². The number of esters is 1. The lowest BCUT2D eigenvalue weighted by molar-refractivity contribution is 0.0529. The fourth-order valence-corrected chi connectivity index (χ4v) is 3.17. The number of carbonyl (C=O) groups excluding carboxylic acids is 1. The van der Waals surface area contributed by atoms with Gasteiger partial charge in [-0.05, 0) is 37.3 Å². The Balaban J connectivity index is 2.23. The highest BCUT2D eigenvalue weighted by molar-refractivity contribution is 6.13. The van der Waals surface area contributed by atoms with Crippen LogP contribution in [0.4, 0.5) is 5.82 Å². The van der Waals surface area contributed by atoms with Crippen LogP contribution in [-0.2, 0) is 4.74 Å². The molecule has 2 N–H and O–H groups in total. The minimum Gasteiger partial charge on any atom is -0.497 e. The van der Waals surface area contributed by atoms with Gasteiger partial charge in [-0.25, -0.2) is 9.78 Å². The highest BCUT2D eigenvalue weighted by Gasteiger charge is 2.22. The fourth-order valence-electron chi connectivity index (χ4n) is 3.17. The van der Waals surface area contributed by atoms with Crippen LogP contribution in [0.1, 0.15) is 17.3 Å². The number of nitrogens with two attached hydrogens (primary N) is 1. The Labute approximate surface area is 143 Å². The third-order valence-electron chi connectivity index (χ3n) is 4.27. The molecule has 0 spiro atoms. The van der Waals surface area contributed by atoms with Crippen molar-refractivity contribution in [1.29, 1.82) is 0 Å². The molecule has 0 saturated heterocycles. The van der Waals surface area contributed by atoms with Crippen LogP contribution < -0.4 is 10.5 Å². The van der Waals surface area contributed by atoms with E-state index in [1.807, 2.05) is 36.4 Å². The van der Waals surface area contributed by atoms with Crippen molar-refractivity contribution in [2.24, 2.45) is 0 Å². The Morgan fingerprint density at radius 2 is 2.00 bits per heavy atom. The van der Waals surface area contributed by atoms with Gasteiger partial charge in [0.15, 0.2) is 0 Å². The van der Waals surface area contributed by atoms with Gasteiger partial charge in [-0.15, -0.1) is 0 Å². The Morgan fingerprint density at radius 1 is 1.20 bits per heavy atom. The van der Waals surface area contributed by atoms with Crippen LogP contribution in [0.25, 0.3) is 27.5 Å². The maximum absolute atomic E-state index is 12.6. The third-order valence-corrected chi connectivity index (χ3v) is 4.27. The Kier molecular flexibility index (Phi) is 3.46. The van der Waals surface area contributed by atoms with Crippen molar-refractivity contribution in [3.63, 3.8) is 0 Å². The molecule has 0 amide bonds. The molecule has 4 aromatic rings. The van der Waals surface area contributed by atoms with E-state index in [4.69, 9.17) is 20.2 Å². The number of para-hydroxylation sites is 2. The van der Waals surface area contributed by atoms with E-state index in [9.17, 15) is 4.79 Å². The number of anilines is 1. The number of hydrogen-bond acceptors (Lipinski definition) is 5. The van der Waals surface area contributed by atoms with Gasteiger partial charge in [0.05, 0.1) is 24.8 Å². The zero-order chi connectivity index (χ0) is 17.6. The van der Waals surface area contributed by atoms with E-state index in [1.165, 1.54) is 0 Å². The summed E-state index contributed by atoms with van der Waals surface area (Å²) >= 11 is 0. The van der Waals surface area contributed by atoms with Gasteiger partial charge in [-0.2, -0.15) is 0 Å². The smallest absolute Gasteiger partial charge is 0.342 e. The summed E-state index contributed by atoms with van der Waals surface area (Å²) in [5.41, 5.74) is 9.06. The highest BCUT2D eigenvalue weighted by atomic mass is 16.5. The van der Waals surface area contributed by atoms with Crippen molar-refractivity contribution in [2.75, 3.05) is 19.5 Å². The summed E-state index contributed by atoms with van der Waals surface area (Å²) in [6.07, 6.45) is 0. The number of imidazole rings is 1. The van der Waals surface area contributed by atoms with Gasteiger partial charge in [0.25, 0.3) is 0 Å². The van der Waals surface area contributed by atoms with E-state index >= 15 is 0 Å². The second-order valence-electron chi connectivity index (χ2n) is 5.65. The Bertz CT molecular complexity index is 1130. The molecule has 6 heteroatoms. The lowest BCUT2D eigenvalue weighted by Crippen LogP contribution is -2.12. The van der Waals surface area contributed by atoms with Crippen molar-refractivity contribution in [2.45, 2.75) is 6.92 Å². The molecular formula is C19H17N3O3. The van der Waals surface area contributed by atoms with E-state index in [-0.39, 0.29) is 6.61 Å². The summed E-state index contributed by atoms with van der Waals surface area (Å²) in [6, 6.07) is 13.1. The molecule has 0 aliphatic carbocycles. The first kappa shape index (κ1) is 15.3. The summed E-state index contributed by atoms with van der Waals surface area (Å²) in [6.45, 7) is 2.04. The second-order valence-corrected chi connectivity index (χ2v) is 5.65. The van der Waals surface area contributed by atoms with E-state index in [2.05, 4.69) is 0 Å². The maximum atomic E-state index is 12.6. The Hall–Kier alpha value is -3.28. The zero-order valence-electron chi connectivity index (χ0n) is 13.9. The van der Waals surface area contributed by atoms with Crippen LogP contribution >= 0.6 is 0 Å². The second kappa shape index (κ2) is 5.66. The third kappa shape index (κ3) is 2.18. The summed E-state index contributed by atoms with van der Waals surface area (Å²) in [5.74, 6) is 0.552. The summed E-state index contributed by atoms with van der Waals surface area (Å²) in [7, 11) is 1.60. The molecule has 0 aliphatic rings. The minimum atomic E-state index is -0.449. The van der Waals surface area contributed by atoms with Crippen molar-refractivity contribution in [3.8, 4) is 5.75 Å². The normalized spacial score (nSPS) is 11.3. The maximum Gasteiger partial charge on any atom is 0.342 e. The first-order valence-electron chi connectivity index (χ1n) is 7.99. The molecule has 0 unspecified atom stereocenters. The molecule has 6 nitrogen and oxygen atoms in total. The number of nitrogens with zero attached hydrogens (tertiary/aromatic N) is 2. The largest absolute Gasteiger partial charge is 0.497 e. The number of aromatic nitrogens is 2. The first-order chi connectivity index (χ1) is 12.2. The van der Waals surface area contributed by atoms with Gasteiger partial charge >= 0.3 is 5.97 Å². The number of ether oxygens (including phenoxy) is 2. The summed E-state index contributed by atoms with van der Waals surface area (Å²) in [5, 5.41) is 1.48.